The SMILES string of the molecule is O=C(CCc1cccc(OC2CCCC2)c1)NCCCNC(=O)c1cccc(O)c1. The molecule has 1 aliphatic carbocycles. The third-order valence-corrected chi connectivity index (χ3v) is 5.21. The Labute approximate surface area is 177 Å². The molecule has 3 rings (SSSR count). The lowest BCUT2D eigenvalue weighted by atomic mass is 10.1. The molecule has 0 saturated heterocycles. The van der Waals surface area contributed by atoms with Crippen LogP contribution in [0.5, 0.6) is 11.5 Å². The number of ether oxygens (including phenoxy) is 1. The molecular weight excluding hydrogens is 380 g/mol. The number of aromatic hydroxyl groups is 1. The summed E-state index contributed by atoms with van der Waals surface area (Å²) in [6, 6.07) is 14.2. The van der Waals surface area contributed by atoms with Crippen molar-refractivity contribution < 1.29 is 19.4 Å². The molecule has 0 bridgehead atoms. The van der Waals surface area contributed by atoms with Gasteiger partial charge in [0.15, 0.2) is 0 Å². The monoisotopic (exact) mass is 410 g/mol. The maximum atomic E-state index is 12.1. The second-order valence-electron chi connectivity index (χ2n) is 7.68. The second-order valence-corrected chi connectivity index (χ2v) is 7.68. The minimum absolute atomic E-state index is 0.00331. The molecule has 1 fully saturated rings. The highest BCUT2D eigenvalue weighted by Crippen LogP contribution is 2.24. The van der Waals surface area contributed by atoms with Crippen molar-refractivity contribution in [3.8, 4) is 11.5 Å². The molecule has 0 atom stereocenters. The van der Waals surface area contributed by atoms with Gasteiger partial charge in [-0.05, 0) is 74.4 Å². The average molecular weight is 411 g/mol. The Balaban J connectivity index is 1.30. The van der Waals surface area contributed by atoms with Gasteiger partial charge < -0.3 is 20.5 Å². The zero-order chi connectivity index (χ0) is 21.2. The standard InChI is InChI=1S/C24H30N2O4/c27-20-8-4-7-19(17-20)24(29)26-15-5-14-25-23(28)13-12-18-6-3-11-22(16-18)30-21-9-1-2-10-21/h3-4,6-8,11,16-17,21,27H,1-2,5,9-10,12-15H2,(H,25,28)(H,26,29). The predicted molar refractivity (Wildman–Crippen MR) is 116 cm³/mol. The molecule has 2 aromatic rings. The van der Waals surface area contributed by atoms with Crippen molar-refractivity contribution in [1.29, 1.82) is 0 Å². The van der Waals surface area contributed by atoms with E-state index in [0.717, 1.165) is 24.2 Å². The number of rotatable bonds is 10. The summed E-state index contributed by atoms with van der Waals surface area (Å²) < 4.78 is 6.02. The lowest BCUT2D eigenvalue weighted by Crippen LogP contribution is -2.30. The van der Waals surface area contributed by atoms with Crippen molar-refractivity contribution >= 4 is 11.8 Å². The first-order valence-electron chi connectivity index (χ1n) is 10.7. The van der Waals surface area contributed by atoms with Crippen LogP contribution >= 0.6 is 0 Å². The molecule has 0 radical (unpaired) electrons. The van der Waals surface area contributed by atoms with Gasteiger partial charge in [-0.25, -0.2) is 0 Å². The molecule has 0 spiro atoms. The lowest BCUT2D eigenvalue weighted by molar-refractivity contribution is -0.121. The Morgan fingerprint density at radius 1 is 1.00 bits per heavy atom. The molecular formula is C24H30N2O4. The van der Waals surface area contributed by atoms with E-state index in [1.165, 1.54) is 25.0 Å². The molecule has 0 aromatic heterocycles. The number of nitrogens with one attached hydrogen (secondary N) is 2. The minimum atomic E-state index is -0.239. The molecule has 1 aliphatic rings. The van der Waals surface area contributed by atoms with E-state index in [1.807, 2.05) is 24.3 Å². The van der Waals surface area contributed by atoms with Crippen LogP contribution in [0.2, 0.25) is 0 Å². The van der Waals surface area contributed by atoms with Crippen LogP contribution in [0.25, 0.3) is 0 Å². The van der Waals surface area contributed by atoms with Gasteiger partial charge in [0.1, 0.15) is 11.5 Å². The average Bonchev–Trinajstić information content (AvgIpc) is 3.25. The smallest absolute Gasteiger partial charge is 0.251 e. The van der Waals surface area contributed by atoms with Gasteiger partial charge in [0.25, 0.3) is 5.91 Å². The van der Waals surface area contributed by atoms with Gasteiger partial charge in [0.2, 0.25) is 5.91 Å². The number of carbonyl (C=O) groups is 2. The first-order chi connectivity index (χ1) is 14.6. The van der Waals surface area contributed by atoms with E-state index in [1.54, 1.807) is 12.1 Å². The Morgan fingerprint density at radius 3 is 2.57 bits per heavy atom. The van der Waals surface area contributed by atoms with Crippen molar-refractivity contribution in [2.24, 2.45) is 0 Å². The largest absolute Gasteiger partial charge is 0.508 e. The quantitative estimate of drug-likeness (QED) is 0.523. The molecule has 0 aliphatic heterocycles. The zero-order valence-corrected chi connectivity index (χ0v) is 17.2. The fraction of sp³-hybridized carbons (Fsp3) is 0.417. The van der Waals surface area contributed by atoms with Crippen LogP contribution in [0.15, 0.2) is 48.5 Å². The van der Waals surface area contributed by atoms with Gasteiger partial charge in [-0.1, -0.05) is 18.2 Å². The summed E-state index contributed by atoms with van der Waals surface area (Å²) in [4.78, 5) is 24.0. The molecule has 3 N–H and O–H groups in total. The van der Waals surface area contributed by atoms with E-state index in [2.05, 4.69) is 10.6 Å². The summed E-state index contributed by atoms with van der Waals surface area (Å²) in [5, 5.41) is 15.1. The van der Waals surface area contributed by atoms with Crippen LogP contribution in [0, 0.1) is 0 Å². The third-order valence-electron chi connectivity index (χ3n) is 5.21. The Kier molecular flexibility index (Phi) is 8.12. The first kappa shape index (κ1) is 21.7. The predicted octanol–water partition coefficient (Wildman–Crippen LogP) is 3.58. The summed E-state index contributed by atoms with van der Waals surface area (Å²) in [6.45, 7) is 0.958. The maximum Gasteiger partial charge on any atom is 0.251 e. The van der Waals surface area contributed by atoms with E-state index in [4.69, 9.17) is 4.74 Å². The Hall–Kier alpha value is -3.02. The van der Waals surface area contributed by atoms with Gasteiger partial charge in [-0.15, -0.1) is 0 Å². The molecule has 0 unspecified atom stereocenters. The molecule has 2 amide bonds. The summed E-state index contributed by atoms with van der Waals surface area (Å²) in [7, 11) is 0. The van der Waals surface area contributed by atoms with Crippen molar-refractivity contribution in [2.45, 2.75) is 51.0 Å². The number of phenolic OH excluding ortho intramolecular Hbond substituents is 1. The van der Waals surface area contributed by atoms with Crippen LogP contribution < -0.4 is 15.4 Å². The maximum absolute atomic E-state index is 12.1. The normalized spacial score (nSPS) is 13.7. The summed E-state index contributed by atoms with van der Waals surface area (Å²) in [5.74, 6) is 0.709. The number of hydrogen-bond donors (Lipinski definition) is 3. The highest BCUT2D eigenvalue weighted by molar-refractivity contribution is 5.94. The molecule has 6 heteroatoms. The van der Waals surface area contributed by atoms with Gasteiger partial charge >= 0.3 is 0 Å². The number of carbonyl (C=O) groups excluding carboxylic acids is 2. The van der Waals surface area contributed by atoms with E-state index in [-0.39, 0.29) is 17.6 Å². The van der Waals surface area contributed by atoms with Gasteiger partial charge in [-0.2, -0.15) is 0 Å². The van der Waals surface area contributed by atoms with Crippen molar-refractivity contribution in [3.63, 3.8) is 0 Å². The van der Waals surface area contributed by atoms with E-state index >= 15 is 0 Å². The van der Waals surface area contributed by atoms with E-state index in [0.29, 0.717) is 44.0 Å². The number of benzene rings is 2. The van der Waals surface area contributed by atoms with Crippen LogP contribution in [-0.2, 0) is 11.2 Å². The van der Waals surface area contributed by atoms with Gasteiger partial charge in [-0.3, -0.25) is 9.59 Å². The molecule has 6 nitrogen and oxygen atoms in total. The Bertz CT molecular complexity index is 847. The fourth-order valence-corrected chi connectivity index (χ4v) is 3.59. The number of phenols is 1. The van der Waals surface area contributed by atoms with Gasteiger partial charge in [0.05, 0.1) is 6.10 Å². The molecule has 160 valence electrons. The van der Waals surface area contributed by atoms with Crippen LogP contribution in [0.1, 0.15) is 54.4 Å². The number of hydrogen-bond acceptors (Lipinski definition) is 4. The summed E-state index contributed by atoms with van der Waals surface area (Å²) >= 11 is 0. The minimum Gasteiger partial charge on any atom is -0.508 e. The topological polar surface area (TPSA) is 87.7 Å². The highest BCUT2D eigenvalue weighted by Gasteiger charge is 2.16. The van der Waals surface area contributed by atoms with Gasteiger partial charge in [0, 0.05) is 25.1 Å². The van der Waals surface area contributed by atoms with Crippen LogP contribution in [-0.4, -0.2) is 36.1 Å². The molecule has 1 saturated carbocycles. The van der Waals surface area contributed by atoms with E-state index in [9.17, 15) is 14.7 Å². The molecule has 30 heavy (non-hydrogen) atoms. The summed E-state index contributed by atoms with van der Waals surface area (Å²) in [5.41, 5.74) is 1.51. The third kappa shape index (κ3) is 7.10. The molecule has 0 heterocycles. The number of amides is 2. The Morgan fingerprint density at radius 2 is 1.77 bits per heavy atom. The van der Waals surface area contributed by atoms with Crippen molar-refractivity contribution in [1.82, 2.24) is 10.6 Å². The second kappa shape index (κ2) is 11.2. The fourth-order valence-electron chi connectivity index (χ4n) is 3.59. The van der Waals surface area contributed by atoms with Crippen molar-refractivity contribution in [2.75, 3.05) is 13.1 Å². The summed E-state index contributed by atoms with van der Waals surface area (Å²) in [6.07, 6.45) is 6.79. The number of aryl methyl sites for hydroxylation is 1. The highest BCUT2D eigenvalue weighted by atomic mass is 16.5. The lowest BCUT2D eigenvalue weighted by Gasteiger charge is -2.13. The first-order valence-corrected chi connectivity index (χ1v) is 10.7. The van der Waals surface area contributed by atoms with E-state index < -0.39 is 0 Å². The van der Waals surface area contributed by atoms with Crippen LogP contribution in [0.3, 0.4) is 0 Å². The molecule has 2 aromatic carbocycles. The van der Waals surface area contributed by atoms with Crippen LogP contribution in [0.4, 0.5) is 0 Å². The van der Waals surface area contributed by atoms with Crippen molar-refractivity contribution in [3.05, 3.63) is 59.7 Å². The zero-order valence-electron chi connectivity index (χ0n) is 17.2.